The Morgan fingerprint density at radius 3 is 1.71 bits per heavy atom. The van der Waals surface area contributed by atoms with Gasteiger partial charge in [-0.3, -0.25) is 0 Å². The molecule has 0 aliphatic carbocycles. The van der Waals surface area contributed by atoms with Crippen LogP contribution in [0.25, 0.3) is 11.1 Å². The van der Waals surface area contributed by atoms with Crippen LogP contribution in [-0.4, -0.2) is 0 Å². The maximum Gasteiger partial charge on any atom is 0.127 e. The van der Waals surface area contributed by atoms with Gasteiger partial charge in [0.15, 0.2) is 0 Å². The maximum absolute atomic E-state index is 5.83. The van der Waals surface area contributed by atoms with Crippen molar-refractivity contribution in [1.82, 2.24) is 0 Å². The lowest BCUT2D eigenvalue weighted by atomic mass is 10.1. The van der Waals surface area contributed by atoms with Crippen LogP contribution in [0.2, 0.25) is 0 Å². The molecule has 0 atom stereocenters. The first-order chi connectivity index (χ1) is 10.3. The molecule has 0 saturated carbocycles. The number of halogens is 1. The second kappa shape index (κ2) is 6.47. The van der Waals surface area contributed by atoms with Gasteiger partial charge >= 0.3 is 0 Å². The highest BCUT2D eigenvalue weighted by molar-refractivity contribution is 6.17. The van der Waals surface area contributed by atoms with Gasteiger partial charge in [-0.1, -0.05) is 54.6 Å². The third-order valence-corrected chi connectivity index (χ3v) is 3.58. The molecule has 0 aliphatic heterocycles. The molecule has 0 aliphatic rings. The fourth-order valence-electron chi connectivity index (χ4n) is 2.13. The van der Waals surface area contributed by atoms with Crippen molar-refractivity contribution in [2.75, 3.05) is 0 Å². The monoisotopic (exact) mass is 294 g/mol. The van der Waals surface area contributed by atoms with Crippen LogP contribution in [0.15, 0.2) is 78.9 Å². The van der Waals surface area contributed by atoms with Crippen molar-refractivity contribution in [3.8, 4) is 22.6 Å². The van der Waals surface area contributed by atoms with Gasteiger partial charge in [0.25, 0.3) is 0 Å². The summed E-state index contributed by atoms with van der Waals surface area (Å²) in [7, 11) is 0. The molecule has 104 valence electrons. The third kappa shape index (κ3) is 3.45. The van der Waals surface area contributed by atoms with Crippen LogP contribution in [0.3, 0.4) is 0 Å². The summed E-state index contributed by atoms with van der Waals surface area (Å²) in [6, 6.07) is 26.2. The van der Waals surface area contributed by atoms with Gasteiger partial charge in [-0.2, -0.15) is 0 Å². The maximum atomic E-state index is 5.83. The first kappa shape index (κ1) is 13.7. The number of ether oxygens (including phenoxy) is 1. The molecule has 3 aromatic rings. The van der Waals surface area contributed by atoms with E-state index in [1.165, 1.54) is 11.1 Å². The average Bonchev–Trinajstić information content (AvgIpc) is 2.57. The highest BCUT2D eigenvalue weighted by Gasteiger charge is 2.00. The van der Waals surface area contributed by atoms with E-state index in [4.69, 9.17) is 16.3 Å². The third-order valence-electron chi connectivity index (χ3n) is 3.27. The van der Waals surface area contributed by atoms with Crippen LogP contribution in [-0.2, 0) is 5.88 Å². The summed E-state index contributed by atoms with van der Waals surface area (Å²) >= 11 is 5.77. The van der Waals surface area contributed by atoms with Crippen LogP contribution >= 0.6 is 11.6 Å². The van der Waals surface area contributed by atoms with E-state index in [0.717, 1.165) is 17.1 Å². The Hall–Kier alpha value is -2.25. The van der Waals surface area contributed by atoms with Crippen molar-refractivity contribution >= 4 is 11.6 Å². The molecule has 0 saturated heterocycles. The molecule has 0 N–H and O–H groups in total. The lowest BCUT2D eigenvalue weighted by Crippen LogP contribution is -1.85. The van der Waals surface area contributed by atoms with Crippen LogP contribution in [0.1, 0.15) is 5.56 Å². The van der Waals surface area contributed by atoms with Crippen molar-refractivity contribution < 1.29 is 4.74 Å². The molecule has 3 rings (SSSR count). The molecule has 21 heavy (non-hydrogen) atoms. The topological polar surface area (TPSA) is 9.23 Å². The molecule has 2 heteroatoms. The van der Waals surface area contributed by atoms with Gasteiger partial charge in [-0.05, 0) is 41.0 Å². The highest BCUT2D eigenvalue weighted by Crippen LogP contribution is 2.26. The van der Waals surface area contributed by atoms with Gasteiger partial charge < -0.3 is 4.74 Å². The van der Waals surface area contributed by atoms with E-state index in [9.17, 15) is 0 Å². The average molecular weight is 295 g/mol. The molecule has 0 amide bonds. The van der Waals surface area contributed by atoms with Crippen LogP contribution < -0.4 is 4.74 Å². The van der Waals surface area contributed by atoms with E-state index in [1.54, 1.807) is 0 Å². The fraction of sp³-hybridized carbons (Fsp3) is 0.0526. The molecular weight excluding hydrogens is 280 g/mol. The van der Waals surface area contributed by atoms with E-state index in [1.807, 2.05) is 54.6 Å². The zero-order valence-electron chi connectivity index (χ0n) is 11.5. The summed E-state index contributed by atoms with van der Waals surface area (Å²) in [5.74, 6) is 2.16. The van der Waals surface area contributed by atoms with E-state index < -0.39 is 0 Å². The van der Waals surface area contributed by atoms with Gasteiger partial charge in [0.2, 0.25) is 0 Å². The summed E-state index contributed by atoms with van der Waals surface area (Å²) in [5.41, 5.74) is 3.47. The second-order valence-corrected chi connectivity index (χ2v) is 5.04. The fourth-order valence-corrected chi connectivity index (χ4v) is 2.31. The molecule has 3 aromatic carbocycles. The molecule has 0 radical (unpaired) electrons. The highest BCUT2D eigenvalue weighted by atomic mass is 35.5. The summed E-state index contributed by atoms with van der Waals surface area (Å²) in [6.07, 6.45) is 0. The minimum atomic E-state index is 0.520. The predicted octanol–water partition coefficient (Wildman–Crippen LogP) is 5.88. The van der Waals surface area contributed by atoms with Gasteiger partial charge in [0.1, 0.15) is 11.5 Å². The molecule has 0 fully saturated rings. The largest absolute Gasteiger partial charge is 0.457 e. The van der Waals surface area contributed by atoms with Crippen molar-refractivity contribution in [2.24, 2.45) is 0 Å². The Morgan fingerprint density at radius 1 is 0.619 bits per heavy atom. The van der Waals surface area contributed by atoms with Crippen LogP contribution in [0.4, 0.5) is 0 Å². The lowest BCUT2D eigenvalue weighted by Gasteiger charge is -2.07. The number of hydrogen-bond acceptors (Lipinski definition) is 1. The standard InChI is InChI=1S/C19H15ClO/c20-14-15-6-10-18(11-7-15)21-19-12-8-17(9-13-19)16-4-2-1-3-5-16/h1-13H,14H2. The number of hydrogen-bond donors (Lipinski definition) is 0. The van der Waals surface area contributed by atoms with Gasteiger partial charge in [-0.15, -0.1) is 11.6 Å². The summed E-state index contributed by atoms with van der Waals surface area (Å²) < 4.78 is 5.83. The van der Waals surface area contributed by atoms with Crippen molar-refractivity contribution in [3.63, 3.8) is 0 Å². The molecular formula is C19H15ClO. The normalized spacial score (nSPS) is 10.3. The van der Waals surface area contributed by atoms with Gasteiger partial charge in [0, 0.05) is 5.88 Å². The van der Waals surface area contributed by atoms with Gasteiger partial charge in [0.05, 0.1) is 0 Å². The van der Waals surface area contributed by atoms with Crippen LogP contribution in [0.5, 0.6) is 11.5 Å². The Kier molecular flexibility index (Phi) is 4.23. The van der Waals surface area contributed by atoms with Gasteiger partial charge in [-0.25, -0.2) is 0 Å². The zero-order chi connectivity index (χ0) is 14.5. The second-order valence-electron chi connectivity index (χ2n) is 4.77. The SMILES string of the molecule is ClCc1ccc(Oc2ccc(-c3ccccc3)cc2)cc1. The summed E-state index contributed by atoms with van der Waals surface area (Å²) in [4.78, 5) is 0. The smallest absolute Gasteiger partial charge is 0.127 e. The summed E-state index contributed by atoms with van der Waals surface area (Å²) in [6.45, 7) is 0. The molecule has 0 spiro atoms. The van der Waals surface area contributed by atoms with Crippen LogP contribution in [0, 0.1) is 0 Å². The van der Waals surface area contributed by atoms with Crippen molar-refractivity contribution in [3.05, 3.63) is 84.4 Å². The van der Waals surface area contributed by atoms with E-state index >= 15 is 0 Å². The minimum Gasteiger partial charge on any atom is -0.457 e. The molecule has 0 heterocycles. The zero-order valence-corrected chi connectivity index (χ0v) is 12.3. The van der Waals surface area contributed by atoms with Crippen molar-refractivity contribution in [2.45, 2.75) is 5.88 Å². The van der Waals surface area contributed by atoms with E-state index in [0.29, 0.717) is 5.88 Å². The molecule has 1 nitrogen and oxygen atoms in total. The predicted molar refractivity (Wildman–Crippen MR) is 88.0 cm³/mol. The molecule has 0 aromatic heterocycles. The Labute approximate surface area is 129 Å². The number of alkyl halides is 1. The quantitative estimate of drug-likeness (QED) is 0.546. The first-order valence-electron chi connectivity index (χ1n) is 6.83. The number of rotatable bonds is 4. The van der Waals surface area contributed by atoms with E-state index in [2.05, 4.69) is 24.3 Å². The Morgan fingerprint density at radius 2 is 1.14 bits per heavy atom. The minimum absolute atomic E-state index is 0.520. The lowest BCUT2D eigenvalue weighted by molar-refractivity contribution is 0.482. The Bertz CT molecular complexity index is 688. The Balaban J connectivity index is 1.75. The molecule has 0 bridgehead atoms. The van der Waals surface area contributed by atoms with E-state index in [-0.39, 0.29) is 0 Å². The van der Waals surface area contributed by atoms with Crippen molar-refractivity contribution in [1.29, 1.82) is 0 Å². The summed E-state index contributed by atoms with van der Waals surface area (Å²) in [5, 5.41) is 0. The molecule has 0 unspecified atom stereocenters. The number of benzene rings is 3. The first-order valence-corrected chi connectivity index (χ1v) is 7.37.